The van der Waals surface area contributed by atoms with Crippen LogP contribution in [0.1, 0.15) is 13.8 Å². The van der Waals surface area contributed by atoms with Gasteiger partial charge in [0.05, 0.1) is 20.7 Å². The third-order valence-corrected chi connectivity index (χ3v) is 2.34. The fourth-order valence-corrected chi connectivity index (χ4v) is 1.61. The Kier molecular flexibility index (Phi) is 3.89. The Morgan fingerprint density at radius 2 is 2.12 bits per heavy atom. The lowest BCUT2D eigenvalue weighted by Gasteiger charge is -2.29. The molecule has 6 heteroatoms. The van der Waals surface area contributed by atoms with Crippen molar-refractivity contribution in [2.45, 2.75) is 20.0 Å². The van der Waals surface area contributed by atoms with Gasteiger partial charge in [-0.3, -0.25) is 5.32 Å². The van der Waals surface area contributed by atoms with Gasteiger partial charge in [0.25, 0.3) is 0 Å². The number of carbonyl (C=O) groups excluding carboxylic acids is 2. The first kappa shape index (κ1) is 12.5. The monoisotopic (exact) mass is 228 g/mol. The number of nitrogens with one attached hydrogen (secondary N) is 3. The second-order valence-electron chi connectivity index (χ2n) is 3.87. The summed E-state index contributed by atoms with van der Waals surface area (Å²) >= 11 is 0. The van der Waals surface area contributed by atoms with Crippen LogP contribution in [0.2, 0.25) is 0 Å². The van der Waals surface area contributed by atoms with Crippen LogP contribution in [0, 0.1) is 0 Å². The number of rotatable bonds is 3. The van der Waals surface area contributed by atoms with Crippen LogP contribution in [0.25, 0.3) is 0 Å². The maximum Gasteiger partial charge on any atom is 0.343 e. The summed E-state index contributed by atoms with van der Waals surface area (Å²) in [4.78, 5) is 24.0. The topological polar surface area (TPSA) is 71.9 Å². The van der Waals surface area contributed by atoms with Gasteiger partial charge >= 0.3 is 12.0 Å². The summed E-state index contributed by atoms with van der Waals surface area (Å²) in [5.41, 5.74) is 1.02. The molecule has 0 fully saturated rings. The van der Waals surface area contributed by atoms with Crippen LogP contribution in [-0.4, -0.2) is 38.9 Å². The minimum atomic E-state index is -0.390. The maximum absolute atomic E-state index is 11.7. The van der Waals surface area contributed by atoms with Crippen molar-refractivity contribution in [3.8, 4) is 0 Å². The molecular formula is C10H18N3O3+. The molecule has 0 aromatic carbocycles. The standard InChI is InChI=1S/C10H17N3O3/c1-5-16-9(14)7-6(2)11-10(15)12-8(7)13(3)4/h8H,5H2,1-4H3,(H2,11,12,15)/p+1. The fraction of sp³-hybridized carbons (Fsp3) is 0.600. The molecule has 1 unspecified atom stereocenters. The van der Waals surface area contributed by atoms with Crippen LogP contribution in [0.4, 0.5) is 4.79 Å². The SMILES string of the molecule is CCOC(=O)C1=C(C)NC(=O)NC1[NH+](C)C. The number of allylic oxidation sites excluding steroid dienone is 1. The van der Waals surface area contributed by atoms with Crippen LogP contribution in [0.5, 0.6) is 0 Å². The van der Waals surface area contributed by atoms with E-state index in [0.717, 1.165) is 4.90 Å². The number of ether oxygens (including phenoxy) is 1. The second kappa shape index (κ2) is 4.98. The fourth-order valence-electron chi connectivity index (χ4n) is 1.61. The molecule has 3 N–H and O–H groups in total. The lowest BCUT2D eigenvalue weighted by atomic mass is 10.1. The molecule has 0 radical (unpaired) electrons. The smallest absolute Gasteiger partial charge is 0.343 e. The highest BCUT2D eigenvalue weighted by Crippen LogP contribution is 2.10. The van der Waals surface area contributed by atoms with Gasteiger partial charge in [0.1, 0.15) is 5.57 Å². The van der Waals surface area contributed by atoms with Gasteiger partial charge in [-0.25, -0.2) is 9.59 Å². The molecular weight excluding hydrogens is 210 g/mol. The lowest BCUT2D eigenvalue weighted by Crippen LogP contribution is -3.13. The van der Waals surface area contributed by atoms with Crippen LogP contribution >= 0.6 is 0 Å². The van der Waals surface area contributed by atoms with Crippen LogP contribution in [0.15, 0.2) is 11.3 Å². The predicted octanol–water partition coefficient (Wildman–Crippen LogP) is -1.39. The average molecular weight is 228 g/mol. The Bertz CT molecular complexity index is 336. The van der Waals surface area contributed by atoms with Gasteiger partial charge in [-0.1, -0.05) is 0 Å². The van der Waals surface area contributed by atoms with Crippen molar-refractivity contribution in [1.29, 1.82) is 0 Å². The molecule has 6 nitrogen and oxygen atoms in total. The molecule has 0 aromatic rings. The minimum Gasteiger partial charge on any atom is -0.462 e. The van der Waals surface area contributed by atoms with Crippen molar-refractivity contribution in [3.05, 3.63) is 11.3 Å². The molecule has 1 atom stereocenters. The van der Waals surface area contributed by atoms with Crippen molar-refractivity contribution in [2.24, 2.45) is 0 Å². The molecule has 0 aromatic heterocycles. The van der Waals surface area contributed by atoms with Gasteiger partial charge < -0.3 is 15.0 Å². The van der Waals surface area contributed by atoms with E-state index in [2.05, 4.69) is 10.6 Å². The number of likely N-dealkylation sites (N-methyl/N-ethyl adjacent to an activating group) is 1. The highest BCUT2D eigenvalue weighted by molar-refractivity contribution is 5.94. The van der Waals surface area contributed by atoms with Crippen molar-refractivity contribution in [1.82, 2.24) is 10.6 Å². The second-order valence-corrected chi connectivity index (χ2v) is 3.87. The molecule has 16 heavy (non-hydrogen) atoms. The van der Waals surface area contributed by atoms with E-state index >= 15 is 0 Å². The van der Waals surface area contributed by atoms with E-state index in [9.17, 15) is 9.59 Å². The number of hydrogen-bond acceptors (Lipinski definition) is 3. The average Bonchev–Trinajstić information content (AvgIpc) is 2.16. The highest BCUT2D eigenvalue weighted by Gasteiger charge is 2.35. The van der Waals surface area contributed by atoms with E-state index in [4.69, 9.17) is 4.74 Å². The number of amides is 2. The van der Waals surface area contributed by atoms with Crippen molar-refractivity contribution < 1.29 is 19.2 Å². The van der Waals surface area contributed by atoms with E-state index in [0.29, 0.717) is 17.9 Å². The van der Waals surface area contributed by atoms with Crippen molar-refractivity contribution in [2.75, 3.05) is 20.7 Å². The predicted molar refractivity (Wildman–Crippen MR) is 57.6 cm³/mol. The first-order valence-corrected chi connectivity index (χ1v) is 5.22. The number of carbonyl (C=O) groups is 2. The molecule has 1 rings (SSSR count). The Balaban J connectivity index is 3.02. The Morgan fingerprint density at radius 3 is 2.62 bits per heavy atom. The third-order valence-electron chi connectivity index (χ3n) is 2.34. The summed E-state index contributed by atoms with van der Waals surface area (Å²) in [5, 5.41) is 5.26. The number of hydrogen-bond donors (Lipinski definition) is 3. The van der Waals surface area contributed by atoms with E-state index in [1.54, 1.807) is 13.8 Å². The van der Waals surface area contributed by atoms with Gasteiger partial charge in [0.2, 0.25) is 0 Å². The summed E-state index contributed by atoms with van der Waals surface area (Å²) in [5.74, 6) is -0.390. The molecule has 90 valence electrons. The number of quaternary nitrogens is 1. The molecule has 1 aliphatic rings. The summed E-state index contributed by atoms with van der Waals surface area (Å²) in [6, 6.07) is -0.295. The third kappa shape index (κ3) is 2.52. The van der Waals surface area contributed by atoms with Crippen molar-refractivity contribution in [3.63, 3.8) is 0 Å². The number of esters is 1. The van der Waals surface area contributed by atoms with Gasteiger partial charge in [0.15, 0.2) is 6.17 Å². The maximum atomic E-state index is 11.7. The van der Waals surface area contributed by atoms with Crippen LogP contribution < -0.4 is 15.5 Å². The van der Waals surface area contributed by atoms with E-state index in [1.165, 1.54) is 0 Å². The van der Waals surface area contributed by atoms with E-state index in [-0.39, 0.29) is 12.2 Å². The molecule has 0 aliphatic carbocycles. The Morgan fingerprint density at radius 1 is 1.50 bits per heavy atom. The highest BCUT2D eigenvalue weighted by atomic mass is 16.5. The van der Waals surface area contributed by atoms with Crippen molar-refractivity contribution >= 4 is 12.0 Å². The lowest BCUT2D eigenvalue weighted by molar-refractivity contribution is -0.881. The van der Waals surface area contributed by atoms with Gasteiger partial charge in [-0.05, 0) is 13.8 Å². The summed E-state index contributed by atoms with van der Waals surface area (Å²) in [6.07, 6.45) is -0.368. The minimum absolute atomic E-state index is 0.295. The summed E-state index contributed by atoms with van der Waals surface area (Å²) in [7, 11) is 3.73. The quantitative estimate of drug-likeness (QED) is 0.521. The molecule has 0 saturated carbocycles. The molecule has 1 heterocycles. The molecule has 1 aliphatic heterocycles. The Labute approximate surface area is 94.6 Å². The largest absolute Gasteiger partial charge is 0.462 e. The zero-order chi connectivity index (χ0) is 12.3. The molecule has 0 spiro atoms. The summed E-state index contributed by atoms with van der Waals surface area (Å²) < 4.78 is 4.97. The molecule has 0 bridgehead atoms. The number of urea groups is 1. The van der Waals surface area contributed by atoms with E-state index < -0.39 is 5.97 Å². The zero-order valence-electron chi connectivity index (χ0n) is 10.0. The Hall–Kier alpha value is -1.56. The van der Waals surface area contributed by atoms with Crippen LogP contribution in [0.3, 0.4) is 0 Å². The van der Waals surface area contributed by atoms with Crippen LogP contribution in [-0.2, 0) is 9.53 Å². The zero-order valence-corrected chi connectivity index (χ0v) is 10.0. The normalized spacial score (nSPS) is 20.6. The van der Waals surface area contributed by atoms with E-state index in [1.807, 2.05) is 14.1 Å². The summed E-state index contributed by atoms with van der Waals surface area (Å²) in [6.45, 7) is 3.76. The molecule has 0 saturated heterocycles. The molecule has 2 amide bonds. The van der Waals surface area contributed by atoms with Gasteiger partial charge in [-0.2, -0.15) is 0 Å². The first-order valence-electron chi connectivity index (χ1n) is 5.22. The van der Waals surface area contributed by atoms with Gasteiger partial charge in [0, 0.05) is 5.70 Å². The van der Waals surface area contributed by atoms with Gasteiger partial charge in [-0.15, -0.1) is 0 Å². The first-order chi connectivity index (χ1) is 7.47.